The summed E-state index contributed by atoms with van der Waals surface area (Å²) in [6.45, 7) is 0.348. The molecule has 0 aliphatic carbocycles. The van der Waals surface area contributed by atoms with Gasteiger partial charge in [0.2, 0.25) is 0 Å². The zero-order valence-electron chi connectivity index (χ0n) is 9.47. The summed E-state index contributed by atoms with van der Waals surface area (Å²) < 4.78 is 0. The Morgan fingerprint density at radius 3 is 2.59 bits per heavy atom. The van der Waals surface area contributed by atoms with Gasteiger partial charge in [0.1, 0.15) is 0 Å². The Hall–Kier alpha value is -1.87. The minimum atomic E-state index is -0.812. The first-order chi connectivity index (χ1) is 8.22. The maximum atomic E-state index is 10.8. The molecule has 0 aromatic heterocycles. The molecule has 3 nitrogen and oxygen atoms in total. The quantitative estimate of drug-likeness (QED) is 0.845. The molecule has 0 saturated carbocycles. The molecule has 3 heteroatoms. The summed E-state index contributed by atoms with van der Waals surface area (Å²) >= 11 is 0. The molecule has 1 atom stereocenters. The van der Waals surface area contributed by atoms with E-state index >= 15 is 0 Å². The molecule has 1 unspecified atom stereocenters. The van der Waals surface area contributed by atoms with Crippen molar-refractivity contribution in [1.82, 2.24) is 0 Å². The molecule has 88 valence electrons. The lowest BCUT2D eigenvalue weighted by Gasteiger charge is -2.15. The second-order valence-corrected chi connectivity index (χ2v) is 4.10. The average Bonchev–Trinajstić information content (AvgIpc) is 2.35. The van der Waals surface area contributed by atoms with Crippen LogP contribution in [0.4, 0.5) is 0 Å². The molecule has 0 amide bonds. The first-order valence-corrected chi connectivity index (χ1v) is 5.62. The second kappa shape index (κ2) is 4.97. The third-order valence-corrected chi connectivity index (χ3v) is 2.97. The van der Waals surface area contributed by atoms with E-state index in [9.17, 15) is 4.79 Å². The number of nitrogens with two attached hydrogens (primary N) is 1. The van der Waals surface area contributed by atoms with Gasteiger partial charge in [-0.2, -0.15) is 0 Å². The average molecular weight is 229 g/mol. The molecule has 0 bridgehead atoms. The Labute approximate surface area is 99.9 Å². The molecule has 2 aromatic carbocycles. The van der Waals surface area contributed by atoms with E-state index in [-0.39, 0.29) is 12.3 Å². The topological polar surface area (TPSA) is 63.3 Å². The highest BCUT2D eigenvalue weighted by molar-refractivity contribution is 5.86. The summed E-state index contributed by atoms with van der Waals surface area (Å²) in [7, 11) is 0. The van der Waals surface area contributed by atoms with Crippen molar-refractivity contribution in [2.45, 2.75) is 12.3 Å². The Balaban J connectivity index is 2.49. The third kappa shape index (κ3) is 2.45. The molecule has 0 heterocycles. The molecular weight excluding hydrogens is 214 g/mol. The highest BCUT2D eigenvalue weighted by atomic mass is 16.4. The largest absolute Gasteiger partial charge is 0.481 e. The van der Waals surface area contributed by atoms with Gasteiger partial charge in [0.15, 0.2) is 0 Å². The number of hydrogen-bond donors (Lipinski definition) is 2. The molecule has 0 fully saturated rings. The minimum Gasteiger partial charge on any atom is -0.481 e. The lowest BCUT2D eigenvalue weighted by Crippen LogP contribution is -2.16. The van der Waals surface area contributed by atoms with Crippen LogP contribution in [0.5, 0.6) is 0 Å². The normalized spacial score (nSPS) is 12.5. The summed E-state index contributed by atoms with van der Waals surface area (Å²) in [4.78, 5) is 10.8. The smallest absolute Gasteiger partial charge is 0.304 e. The highest BCUT2D eigenvalue weighted by Gasteiger charge is 2.15. The monoisotopic (exact) mass is 229 g/mol. The van der Waals surface area contributed by atoms with Crippen LogP contribution in [0.2, 0.25) is 0 Å². The van der Waals surface area contributed by atoms with E-state index in [4.69, 9.17) is 10.8 Å². The van der Waals surface area contributed by atoms with Crippen molar-refractivity contribution in [3.8, 4) is 0 Å². The third-order valence-electron chi connectivity index (χ3n) is 2.97. The number of hydrogen-bond acceptors (Lipinski definition) is 2. The van der Waals surface area contributed by atoms with Crippen LogP contribution < -0.4 is 5.73 Å². The maximum absolute atomic E-state index is 10.8. The number of rotatable bonds is 4. The van der Waals surface area contributed by atoms with Gasteiger partial charge in [-0.05, 0) is 22.9 Å². The van der Waals surface area contributed by atoms with Crippen LogP contribution in [0.1, 0.15) is 17.9 Å². The number of benzene rings is 2. The zero-order valence-corrected chi connectivity index (χ0v) is 9.47. The van der Waals surface area contributed by atoms with Crippen LogP contribution >= 0.6 is 0 Å². The predicted octanol–water partition coefficient (Wildman–Crippen LogP) is 2.36. The van der Waals surface area contributed by atoms with E-state index in [1.54, 1.807) is 0 Å². The van der Waals surface area contributed by atoms with E-state index in [1.165, 1.54) is 0 Å². The Bertz CT molecular complexity index is 531. The molecule has 0 spiro atoms. The van der Waals surface area contributed by atoms with Gasteiger partial charge in [0, 0.05) is 5.92 Å². The fraction of sp³-hybridized carbons (Fsp3) is 0.214. The summed E-state index contributed by atoms with van der Waals surface area (Å²) in [5, 5.41) is 11.1. The van der Waals surface area contributed by atoms with Crippen molar-refractivity contribution in [3.05, 3.63) is 48.0 Å². The molecule has 2 rings (SSSR count). The summed E-state index contributed by atoms with van der Waals surface area (Å²) in [6.07, 6.45) is 0.0739. The standard InChI is InChI=1S/C14H15NO2/c15-9-11(8-14(16)17)13-7-3-5-10-4-1-2-6-12(10)13/h1-7,11H,8-9,15H2,(H,16,17). The zero-order chi connectivity index (χ0) is 12.3. The van der Waals surface area contributed by atoms with E-state index in [0.717, 1.165) is 16.3 Å². The van der Waals surface area contributed by atoms with Crippen molar-refractivity contribution in [3.63, 3.8) is 0 Å². The molecular formula is C14H15NO2. The molecule has 0 aliphatic heterocycles. The van der Waals surface area contributed by atoms with Crippen molar-refractivity contribution < 1.29 is 9.90 Å². The fourth-order valence-electron chi connectivity index (χ4n) is 2.14. The number of carboxylic acid groups (broad SMARTS) is 1. The van der Waals surface area contributed by atoms with E-state index in [0.29, 0.717) is 6.54 Å². The number of fused-ring (bicyclic) bond motifs is 1. The Morgan fingerprint density at radius 2 is 1.88 bits per heavy atom. The first-order valence-electron chi connectivity index (χ1n) is 5.62. The van der Waals surface area contributed by atoms with Crippen LogP contribution in [0.3, 0.4) is 0 Å². The van der Waals surface area contributed by atoms with Gasteiger partial charge in [0.05, 0.1) is 6.42 Å². The molecule has 0 saturated heterocycles. The predicted molar refractivity (Wildman–Crippen MR) is 68.0 cm³/mol. The van der Waals surface area contributed by atoms with E-state index in [2.05, 4.69) is 0 Å². The molecule has 2 aromatic rings. The molecule has 17 heavy (non-hydrogen) atoms. The lowest BCUT2D eigenvalue weighted by molar-refractivity contribution is -0.137. The van der Waals surface area contributed by atoms with Crippen LogP contribution in [0.15, 0.2) is 42.5 Å². The number of carboxylic acids is 1. The van der Waals surface area contributed by atoms with Gasteiger partial charge in [-0.3, -0.25) is 4.79 Å². The van der Waals surface area contributed by atoms with Crippen LogP contribution in [-0.4, -0.2) is 17.6 Å². The van der Waals surface area contributed by atoms with Gasteiger partial charge < -0.3 is 10.8 Å². The molecule has 0 aliphatic rings. The van der Waals surface area contributed by atoms with Gasteiger partial charge in [0.25, 0.3) is 0 Å². The second-order valence-electron chi connectivity index (χ2n) is 4.10. The SMILES string of the molecule is NCC(CC(=O)O)c1cccc2ccccc12. The van der Waals surface area contributed by atoms with E-state index in [1.807, 2.05) is 42.5 Å². The Morgan fingerprint density at radius 1 is 1.18 bits per heavy atom. The van der Waals surface area contributed by atoms with Gasteiger partial charge >= 0.3 is 5.97 Å². The molecule has 3 N–H and O–H groups in total. The summed E-state index contributed by atoms with van der Waals surface area (Å²) in [6, 6.07) is 13.9. The van der Waals surface area contributed by atoms with Crippen molar-refractivity contribution in [2.24, 2.45) is 5.73 Å². The highest BCUT2D eigenvalue weighted by Crippen LogP contribution is 2.27. The number of aliphatic carboxylic acids is 1. The van der Waals surface area contributed by atoms with Crippen molar-refractivity contribution >= 4 is 16.7 Å². The fourth-order valence-corrected chi connectivity index (χ4v) is 2.14. The van der Waals surface area contributed by atoms with Crippen LogP contribution in [0.25, 0.3) is 10.8 Å². The van der Waals surface area contributed by atoms with Gasteiger partial charge in [-0.25, -0.2) is 0 Å². The van der Waals surface area contributed by atoms with E-state index < -0.39 is 5.97 Å². The van der Waals surface area contributed by atoms with Crippen molar-refractivity contribution in [2.75, 3.05) is 6.54 Å². The van der Waals surface area contributed by atoms with Gasteiger partial charge in [-0.15, -0.1) is 0 Å². The minimum absolute atomic E-state index is 0.0739. The maximum Gasteiger partial charge on any atom is 0.304 e. The van der Waals surface area contributed by atoms with Crippen LogP contribution in [-0.2, 0) is 4.79 Å². The molecule has 0 radical (unpaired) electrons. The lowest BCUT2D eigenvalue weighted by atomic mass is 9.91. The summed E-state index contributed by atoms with van der Waals surface area (Å²) in [5.41, 5.74) is 6.70. The Kier molecular flexibility index (Phi) is 3.40. The van der Waals surface area contributed by atoms with Crippen LogP contribution in [0, 0.1) is 0 Å². The summed E-state index contributed by atoms with van der Waals surface area (Å²) in [5.74, 6) is -0.938. The number of carbonyl (C=O) groups is 1. The van der Waals surface area contributed by atoms with Gasteiger partial charge in [-0.1, -0.05) is 42.5 Å². The first kappa shape index (κ1) is 11.6. The van der Waals surface area contributed by atoms with Crippen molar-refractivity contribution in [1.29, 1.82) is 0 Å².